The van der Waals surface area contributed by atoms with Gasteiger partial charge >= 0.3 is 0 Å². The summed E-state index contributed by atoms with van der Waals surface area (Å²) in [5.41, 5.74) is -0.581. The minimum Gasteiger partial charge on any atom is -0.305 e. The highest BCUT2D eigenvalue weighted by atomic mass is 32.1. The van der Waals surface area contributed by atoms with E-state index in [4.69, 9.17) is 5.41 Å². The Labute approximate surface area is 158 Å². The third-order valence-electron chi connectivity index (χ3n) is 6.08. The van der Waals surface area contributed by atoms with Crippen LogP contribution in [-0.4, -0.2) is 5.71 Å². The number of hydrogen-bond acceptors (Lipinski definition) is 5. The van der Waals surface area contributed by atoms with Crippen LogP contribution in [0.4, 0.5) is 0 Å². The van der Waals surface area contributed by atoms with Gasteiger partial charge < -0.3 is 5.41 Å². The average Bonchev–Trinajstić information content (AvgIpc) is 3.13. The monoisotopic (exact) mass is 362 g/mol. The van der Waals surface area contributed by atoms with E-state index >= 15 is 0 Å². The number of nitrogens with one attached hydrogen (secondary N) is 1. The molecule has 0 amide bonds. The van der Waals surface area contributed by atoms with Gasteiger partial charge in [0, 0.05) is 10.8 Å². The summed E-state index contributed by atoms with van der Waals surface area (Å²) in [5.74, 6) is -0.785. The van der Waals surface area contributed by atoms with Gasteiger partial charge in [0.2, 0.25) is 0 Å². The summed E-state index contributed by atoms with van der Waals surface area (Å²) in [6, 6.07) is 10.4. The van der Waals surface area contributed by atoms with Gasteiger partial charge in [-0.1, -0.05) is 32.9 Å². The van der Waals surface area contributed by atoms with E-state index in [1.54, 1.807) is 0 Å². The fourth-order valence-corrected chi connectivity index (χ4v) is 5.46. The fraction of sp³-hybridized carbons (Fsp3) is 0.524. The van der Waals surface area contributed by atoms with Crippen LogP contribution in [0.5, 0.6) is 0 Å². The van der Waals surface area contributed by atoms with Crippen LogP contribution < -0.4 is 0 Å². The Bertz CT molecular complexity index is 853. The number of nitriles is 3. The highest BCUT2D eigenvalue weighted by Gasteiger charge is 2.58. The molecule has 1 aromatic rings. The summed E-state index contributed by atoms with van der Waals surface area (Å²) in [4.78, 5) is 0.958. The first-order valence-electron chi connectivity index (χ1n) is 8.84. The van der Waals surface area contributed by atoms with Crippen LogP contribution >= 0.6 is 11.3 Å². The van der Waals surface area contributed by atoms with Gasteiger partial charge in [-0.25, -0.2) is 0 Å². The Morgan fingerprint density at radius 3 is 2.42 bits per heavy atom. The van der Waals surface area contributed by atoms with Crippen molar-refractivity contribution in [2.45, 2.75) is 39.5 Å². The summed E-state index contributed by atoms with van der Waals surface area (Å²) >= 11 is 1.53. The largest absolute Gasteiger partial charge is 0.305 e. The molecule has 0 radical (unpaired) electrons. The van der Waals surface area contributed by atoms with E-state index < -0.39 is 11.3 Å². The molecule has 1 fully saturated rings. The second kappa shape index (κ2) is 6.39. The van der Waals surface area contributed by atoms with Crippen molar-refractivity contribution in [3.05, 3.63) is 34.0 Å². The van der Waals surface area contributed by atoms with Gasteiger partial charge in [0.1, 0.15) is 5.92 Å². The number of thiophene rings is 1. The van der Waals surface area contributed by atoms with Crippen molar-refractivity contribution >= 4 is 17.0 Å². The number of fused-ring (bicyclic) bond motifs is 1. The quantitative estimate of drug-likeness (QED) is 0.709. The van der Waals surface area contributed by atoms with Crippen LogP contribution in [0, 0.1) is 68.0 Å². The lowest BCUT2D eigenvalue weighted by Gasteiger charge is -2.48. The van der Waals surface area contributed by atoms with Gasteiger partial charge in [0.05, 0.1) is 23.9 Å². The number of nitrogens with zero attached hydrogens (tertiary/aromatic N) is 3. The first-order valence-corrected chi connectivity index (χ1v) is 9.72. The van der Waals surface area contributed by atoms with Crippen molar-refractivity contribution in [3.8, 4) is 18.2 Å². The van der Waals surface area contributed by atoms with Gasteiger partial charge in [-0.2, -0.15) is 15.8 Å². The van der Waals surface area contributed by atoms with E-state index in [2.05, 4.69) is 45.1 Å². The van der Waals surface area contributed by atoms with Crippen molar-refractivity contribution in [3.63, 3.8) is 0 Å². The van der Waals surface area contributed by atoms with Crippen molar-refractivity contribution in [1.82, 2.24) is 0 Å². The summed E-state index contributed by atoms with van der Waals surface area (Å²) in [7, 11) is 0. The van der Waals surface area contributed by atoms with E-state index in [1.165, 1.54) is 11.3 Å². The fourth-order valence-electron chi connectivity index (χ4n) is 4.50. The van der Waals surface area contributed by atoms with Gasteiger partial charge in [-0.15, -0.1) is 11.3 Å². The molecule has 132 valence electrons. The molecule has 2 aliphatic carbocycles. The zero-order valence-electron chi connectivity index (χ0n) is 15.3. The normalized spacial score (nSPS) is 30.3. The zero-order chi connectivity index (χ0) is 19.1. The summed E-state index contributed by atoms with van der Waals surface area (Å²) in [6.45, 7) is 6.64. The van der Waals surface area contributed by atoms with Crippen LogP contribution in [0.2, 0.25) is 0 Å². The SMILES string of the molecule is CC(C)(C)[C@@H]1CC=C2C(C#N)C(=N)C(C#N)(C#N)[C@@H](c3cccs3)[C@@H]2C1. The molecule has 3 rings (SSSR count). The average molecular weight is 363 g/mol. The van der Waals surface area contributed by atoms with E-state index in [9.17, 15) is 15.8 Å². The van der Waals surface area contributed by atoms with Gasteiger partial charge in [-0.05, 0) is 47.1 Å². The third-order valence-corrected chi connectivity index (χ3v) is 7.03. The number of allylic oxidation sites excluding steroid dienone is 2. The molecule has 0 aromatic carbocycles. The Balaban J connectivity index is 2.22. The zero-order valence-corrected chi connectivity index (χ0v) is 16.1. The highest BCUT2D eigenvalue weighted by Crippen LogP contribution is 2.58. The van der Waals surface area contributed by atoms with E-state index in [1.807, 2.05) is 17.5 Å². The highest BCUT2D eigenvalue weighted by molar-refractivity contribution is 7.10. The maximum Gasteiger partial charge on any atom is 0.190 e. The molecule has 4 atom stereocenters. The van der Waals surface area contributed by atoms with Crippen LogP contribution in [0.3, 0.4) is 0 Å². The van der Waals surface area contributed by atoms with Crippen molar-refractivity contribution < 1.29 is 0 Å². The van der Waals surface area contributed by atoms with Crippen molar-refractivity contribution in [1.29, 1.82) is 21.2 Å². The van der Waals surface area contributed by atoms with Crippen LogP contribution in [0.25, 0.3) is 0 Å². The lowest BCUT2D eigenvalue weighted by atomic mass is 9.52. The van der Waals surface area contributed by atoms with E-state index in [0.717, 1.165) is 23.3 Å². The molecular formula is C21H22N4S. The molecule has 0 saturated heterocycles. The molecule has 26 heavy (non-hydrogen) atoms. The molecule has 1 N–H and O–H groups in total. The Kier molecular flexibility index (Phi) is 4.51. The third kappa shape index (κ3) is 2.57. The van der Waals surface area contributed by atoms with Gasteiger partial charge in [0.15, 0.2) is 5.41 Å². The van der Waals surface area contributed by atoms with Crippen molar-refractivity contribution in [2.75, 3.05) is 0 Å². The first kappa shape index (κ1) is 18.4. The molecule has 4 nitrogen and oxygen atoms in total. The van der Waals surface area contributed by atoms with Gasteiger partial charge in [-0.3, -0.25) is 0 Å². The molecule has 0 bridgehead atoms. The number of hydrogen-bond donors (Lipinski definition) is 1. The van der Waals surface area contributed by atoms with Crippen LogP contribution in [-0.2, 0) is 0 Å². The number of rotatable bonds is 1. The lowest BCUT2D eigenvalue weighted by Crippen LogP contribution is -2.49. The molecule has 2 aliphatic rings. The van der Waals surface area contributed by atoms with Gasteiger partial charge in [0.25, 0.3) is 0 Å². The lowest BCUT2D eigenvalue weighted by molar-refractivity contribution is 0.169. The molecule has 5 heteroatoms. The van der Waals surface area contributed by atoms with Crippen LogP contribution in [0.1, 0.15) is 44.4 Å². The standard InChI is InChI=1S/C21H22N4S/c1-20(2,3)13-6-7-14-15(9-13)18(17-5-4-8-26-17)21(11-23,12-24)19(25)16(14)10-22/h4-5,7-8,13,15-16,18,25H,6,9H2,1-3H3/t13-,15-,16?,18-/m1/s1. The minimum atomic E-state index is -1.58. The second-order valence-electron chi connectivity index (χ2n) is 8.35. The predicted octanol–water partition coefficient (Wildman–Crippen LogP) is 5.04. The van der Waals surface area contributed by atoms with E-state index in [-0.39, 0.29) is 23.0 Å². The Morgan fingerprint density at radius 1 is 1.23 bits per heavy atom. The molecule has 0 aliphatic heterocycles. The topological polar surface area (TPSA) is 95.2 Å². The predicted molar refractivity (Wildman–Crippen MR) is 101 cm³/mol. The summed E-state index contributed by atoms with van der Waals surface area (Å²) in [6.07, 6.45) is 3.84. The maximum absolute atomic E-state index is 9.97. The molecule has 1 heterocycles. The Hall–Kier alpha value is -2.42. The summed E-state index contributed by atoms with van der Waals surface area (Å²) in [5, 5.41) is 40.2. The second-order valence-corrected chi connectivity index (χ2v) is 9.32. The first-order chi connectivity index (χ1) is 12.3. The van der Waals surface area contributed by atoms with Crippen LogP contribution in [0.15, 0.2) is 29.2 Å². The minimum absolute atomic E-state index is 0.0512. The molecule has 1 saturated carbocycles. The van der Waals surface area contributed by atoms with E-state index in [0.29, 0.717) is 5.92 Å². The maximum atomic E-state index is 9.97. The Morgan fingerprint density at radius 2 is 1.92 bits per heavy atom. The van der Waals surface area contributed by atoms with Crippen molar-refractivity contribution in [2.24, 2.45) is 28.6 Å². The summed E-state index contributed by atoms with van der Waals surface area (Å²) < 4.78 is 0. The molecule has 0 spiro atoms. The molecule has 1 aromatic heterocycles. The smallest absolute Gasteiger partial charge is 0.190 e. The molecule has 1 unspecified atom stereocenters. The molecular weight excluding hydrogens is 340 g/mol.